The minimum atomic E-state index is -0.565. The number of benzene rings is 1. The Hall–Kier alpha value is -2.10. The summed E-state index contributed by atoms with van der Waals surface area (Å²) in [6.45, 7) is 4.26. The fraction of sp³-hybridized carbons (Fsp3) is 0.524. The Balaban J connectivity index is 2.02. The minimum Gasteiger partial charge on any atom is -0.449 e. The largest absolute Gasteiger partial charge is 0.449 e. The Labute approximate surface area is 150 Å². The van der Waals surface area contributed by atoms with Crippen molar-refractivity contribution in [2.45, 2.75) is 64.8 Å². The molecule has 2 rings (SSSR count). The SMILES string of the molecule is CCCCCCCCC(=O)C1C=Cc2ccccc2N1C(=O)OCC. The number of carbonyl (C=O) groups is 2. The zero-order chi connectivity index (χ0) is 18.1. The van der Waals surface area contributed by atoms with E-state index in [1.807, 2.05) is 36.4 Å². The summed E-state index contributed by atoms with van der Waals surface area (Å²) in [5, 5.41) is 0. The van der Waals surface area contributed by atoms with Gasteiger partial charge in [-0.05, 0) is 25.0 Å². The molecule has 1 aromatic carbocycles. The number of hydrogen-bond donors (Lipinski definition) is 0. The lowest BCUT2D eigenvalue weighted by molar-refractivity contribution is -0.119. The second kappa shape index (κ2) is 10.0. The standard InChI is InChI=1S/C21H29NO3/c1-3-5-6-7-8-9-14-20(23)19-16-15-17-12-10-11-13-18(17)22(19)21(24)25-4-2/h10-13,15-16,19H,3-9,14H2,1-2H3. The van der Waals surface area contributed by atoms with E-state index >= 15 is 0 Å². The number of anilines is 1. The number of nitrogens with zero attached hydrogens (tertiary/aromatic N) is 1. The Morgan fingerprint density at radius 3 is 2.52 bits per heavy atom. The molecule has 0 aliphatic carbocycles. The molecule has 0 radical (unpaired) electrons. The Kier molecular flexibility index (Phi) is 7.71. The summed E-state index contributed by atoms with van der Waals surface area (Å²) in [7, 11) is 0. The predicted octanol–water partition coefficient (Wildman–Crippen LogP) is 5.36. The maximum Gasteiger partial charge on any atom is 0.415 e. The Morgan fingerprint density at radius 1 is 1.04 bits per heavy atom. The summed E-state index contributed by atoms with van der Waals surface area (Å²) in [6, 6.07) is 7.03. The van der Waals surface area contributed by atoms with E-state index in [0.29, 0.717) is 13.0 Å². The van der Waals surface area contributed by atoms with E-state index in [9.17, 15) is 9.59 Å². The minimum absolute atomic E-state index is 0.0781. The highest BCUT2D eigenvalue weighted by Gasteiger charge is 2.33. The normalized spacial score (nSPS) is 15.8. The van der Waals surface area contributed by atoms with Crippen LogP contribution < -0.4 is 4.90 Å². The van der Waals surface area contributed by atoms with Gasteiger partial charge in [-0.25, -0.2) is 4.79 Å². The average molecular weight is 343 g/mol. The summed E-state index contributed by atoms with van der Waals surface area (Å²) in [5.74, 6) is 0.0781. The van der Waals surface area contributed by atoms with E-state index in [-0.39, 0.29) is 5.78 Å². The van der Waals surface area contributed by atoms with Gasteiger partial charge in [-0.1, -0.05) is 69.4 Å². The van der Waals surface area contributed by atoms with Crippen LogP contribution in [-0.2, 0) is 9.53 Å². The van der Waals surface area contributed by atoms with Crippen molar-refractivity contribution in [3.8, 4) is 0 Å². The Bertz CT molecular complexity index is 609. The second-order valence-corrected chi connectivity index (χ2v) is 6.42. The highest BCUT2D eigenvalue weighted by atomic mass is 16.6. The van der Waals surface area contributed by atoms with Crippen LogP contribution in [0.2, 0.25) is 0 Å². The number of amides is 1. The maximum atomic E-state index is 12.7. The average Bonchev–Trinajstić information content (AvgIpc) is 2.63. The number of hydrogen-bond acceptors (Lipinski definition) is 3. The lowest BCUT2D eigenvalue weighted by Gasteiger charge is -2.32. The number of rotatable bonds is 9. The molecule has 0 saturated carbocycles. The molecular formula is C21H29NO3. The molecule has 1 unspecified atom stereocenters. The number of Topliss-reactive ketones (excluding diaryl/α,β-unsaturated/α-hetero) is 1. The van der Waals surface area contributed by atoms with Crippen molar-refractivity contribution >= 4 is 23.6 Å². The van der Waals surface area contributed by atoms with Gasteiger partial charge in [0.05, 0.1) is 12.3 Å². The number of fused-ring (bicyclic) bond motifs is 1. The fourth-order valence-electron chi connectivity index (χ4n) is 3.16. The molecule has 4 heteroatoms. The molecule has 1 aliphatic heterocycles. The van der Waals surface area contributed by atoms with Crippen LogP contribution in [0.3, 0.4) is 0 Å². The van der Waals surface area contributed by atoms with Gasteiger partial charge in [0, 0.05) is 6.42 Å². The maximum absolute atomic E-state index is 12.7. The molecule has 1 aromatic rings. The van der Waals surface area contributed by atoms with Crippen LogP contribution in [-0.4, -0.2) is 24.5 Å². The molecule has 25 heavy (non-hydrogen) atoms. The van der Waals surface area contributed by atoms with Crippen LogP contribution in [0.5, 0.6) is 0 Å². The van der Waals surface area contributed by atoms with Crippen LogP contribution in [0.1, 0.15) is 64.4 Å². The lowest BCUT2D eigenvalue weighted by Crippen LogP contribution is -2.46. The van der Waals surface area contributed by atoms with Crippen molar-refractivity contribution in [3.63, 3.8) is 0 Å². The van der Waals surface area contributed by atoms with E-state index < -0.39 is 12.1 Å². The number of unbranched alkanes of at least 4 members (excludes halogenated alkanes) is 5. The molecule has 0 bridgehead atoms. The van der Waals surface area contributed by atoms with E-state index in [1.165, 1.54) is 30.6 Å². The van der Waals surface area contributed by atoms with E-state index in [0.717, 1.165) is 24.1 Å². The third kappa shape index (κ3) is 5.18. The summed E-state index contributed by atoms with van der Waals surface area (Å²) in [4.78, 5) is 26.7. The number of carbonyl (C=O) groups excluding carboxylic acids is 2. The molecule has 0 N–H and O–H groups in total. The quantitative estimate of drug-likeness (QED) is 0.567. The number of ketones is 1. The summed E-state index contributed by atoms with van der Waals surface area (Å²) in [5.41, 5.74) is 1.67. The summed E-state index contributed by atoms with van der Waals surface area (Å²) >= 11 is 0. The molecular weight excluding hydrogens is 314 g/mol. The van der Waals surface area contributed by atoms with Crippen molar-refractivity contribution in [2.75, 3.05) is 11.5 Å². The first-order chi connectivity index (χ1) is 12.2. The first kappa shape index (κ1) is 19.2. The van der Waals surface area contributed by atoms with Gasteiger partial charge < -0.3 is 4.74 Å². The Morgan fingerprint density at radius 2 is 1.76 bits per heavy atom. The van der Waals surface area contributed by atoms with Gasteiger partial charge in [0.15, 0.2) is 5.78 Å². The van der Waals surface area contributed by atoms with Gasteiger partial charge in [0.1, 0.15) is 6.04 Å². The molecule has 1 atom stereocenters. The van der Waals surface area contributed by atoms with Gasteiger partial charge in [-0.2, -0.15) is 0 Å². The third-order valence-corrected chi connectivity index (χ3v) is 4.50. The highest BCUT2D eigenvalue weighted by molar-refractivity contribution is 6.03. The van der Waals surface area contributed by atoms with Gasteiger partial charge in [-0.15, -0.1) is 0 Å². The van der Waals surface area contributed by atoms with Gasteiger partial charge in [-0.3, -0.25) is 9.69 Å². The number of para-hydroxylation sites is 1. The van der Waals surface area contributed by atoms with Crippen molar-refractivity contribution < 1.29 is 14.3 Å². The smallest absolute Gasteiger partial charge is 0.415 e. The highest BCUT2D eigenvalue weighted by Crippen LogP contribution is 2.30. The van der Waals surface area contributed by atoms with E-state index in [4.69, 9.17) is 4.74 Å². The van der Waals surface area contributed by atoms with Crippen LogP contribution in [0.25, 0.3) is 6.08 Å². The molecule has 0 aromatic heterocycles. The van der Waals surface area contributed by atoms with Gasteiger partial charge in [0.25, 0.3) is 0 Å². The van der Waals surface area contributed by atoms with Crippen molar-refractivity contribution in [2.24, 2.45) is 0 Å². The van der Waals surface area contributed by atoms with Gasteiger partial charge >= 0.3 is 6.09 Å². The summed E-state index contributed by atoms with van der Waals surface area (Å²) < 4.78 is 5.19. The van der Waals surface area contributed by atoms with E-state index in [2.05, 4.69) is 6.92 Å². The first-order valence-electron chi connectivity index (χ1n) is 9.45. The first-order valence-corrected chi connectivity index (χ1v) is 9.45. The van der Waals surface area contributed by atoms with Crippen LogP contribution in [0, 0.1) is 0 Å². The molecule has 0 saturated heterocycles. The number of ether oxygens (including phenoxy) is 1. The predicted molar refractivity (Wildman–Crippen MR) is 102 cm³/mol. The molecule has 136 valence electrons. The third-order valence-electron chi connectivity index (χ3n) is 4.50. The lowest BCUT2D eigenvalue weighted by atomic mass is 9.97. The van der Waals surface area contributed by atoms with Crippen molar-refractivity contribution in [1.29, 1.82) is 0 Å². The zero-order valence-electron chi connectivity index (χ0n) is 15.4. The topological polar surface area (TPSA) is 46.6 Å². The van der Waals surface area contributed by atoms with Crippen LogP contribution in [0.15, 0.2) is 30.3 Å². The van der Waals surface area contributed by atoms with Crippen LogP contribution in [0.4, 0.5) is 10.5 Å². The van der Waals surface area contributed by atoms with Crippen molar-refractivity contribution in [3.05, 3.63) is 35.9 Å². The summed E-state index contributed by atoms with van der Waals surface area (Å²) in [6.07, 6.45) is 10.6. The molecule has 0 fully saturated rings. The molecule has 1 aliphatic rings. The van der Waals surface area contributed by atoms with Crippen molar-refractivity contribution in [1.82, 2.24) is 0 Å². The molecule has 1 heterocycles. The fourth-order valence-corrected chi connectivity index (χ4v) is 3.16. The zero-order valence-corrected chi connectivity index (χ0v) is 15.4. The molecule has 0 spiro atoms. The van der Waals surface area contributed by atoms with Crippen LogP contribution >= 0.6 is 0 Å². The molecule has 1 amide bonds. The van der Waals surface area contributed by atoms with Gasteiger partial charge in [0.2, 0.25) is 0 Å². The molecule has 4 nitrogen and oxygen atoms in total. The monoisotopic (exact) mass is 343 g/mol. The van der Waals surface area contributed by atoms with E-state index in [1.54, 1.807) is 6.92 Å². The second-order valence-electron chi connectivity index (χ2n) is 6.42.